The van der Waals surface area contributed by atoms with Crippen molar-refractivity contribution in [1.82, 2.24) is 10.2 Å². The number of hydrogen-bond acceptors (Lipinski definition) is 5. The van der Waals surface area contributed by atoms with Gasteiger partial charge in [0.25, 0.3) is 0 Å². The second kappa shape index (κ2) is 7.53. The van der Waals surface area contributed by atoms with Gasteiger partial charge in [0.1, 0.15) is 11.4 Å². The molecule has 2 heterocycles. The molecular formula is C24H34N4O3. The average molecular weight is 427 g/mol. The predicted molar refractivity (Wildman–Crippen MR) is 119 cm³/mol. The first-order chi connectivity index (χ1) is 14.6. The van der Waals surface area contributed by atoms with E-state index in [4.69, 9.17) is 10.5 Å². The lowest BCUT2D eigenvalue weighted by molar-refractivity contribution is -0.130. The number of guanidine groups is 1. The summed E-state index contributed by atoms with van der Waals surface area (Å²) in [5, 5.41) is 3.21. The minimum absolute atomic E-state index is 0.00677. The molecule has 3 aliphatic rings. The van der Waals surface area contributed by atoms with Crippen molar-refractivity contribution in [2.24, 2.45) is 28.5 Å². The van der Waals surface area contributed by atoms with Crippen molar-refractivity contribution in [3.05, 3.63) is 29.8 Å². The van der Waals surface area contributed by atoms with Crippen molar-refractivity contribution in [1.29, 1.82) is 0 Å². The molecule has 7 nitrogen and oxygen atoms in total. The number of aliphatic imine (C=N–C) groups is 1. The number of hydrogen-bond donors (Lipinski definition) is 2. The van der Waals surface area contributed by atoms with Crippen LogP contribution in [-0.2, 0) is 9.59 Å². The van der Waals surface area contributed by atoms with E-state index in [1.165, 1.54) is 0 Å². The first-order valence-electron chi connectivity index (χ1n) is 11.4. The summed E-state index contributed by atoms with van der Waals surface area (Å²) in [5.74, 6) is 1.24. The summed E-state index contributed by atoms with van der Waals surface area (Å²) in [5.41, 5.74) is 6.30. The van der Waals surface area contributed by atoms with Crippen molar-refractivity contribution >= 4 is 17.8 Å². The van der Waals surface area contributed by atoms with Crippen LogP contribution in [0.4, 0.5) is 0 Å². The quantitative estimate of drug-likeness (QED) is 0.731. The van der Waals surface area contributed by atoms with Crippen LogP contribution < -0.4 is 15.8 Å². The summed E-state index contributed by atoms with van der Waals surface area (Å²) in [6.45, 7) is 10.6. The lowest BCUT2D eigenvalue weighted by atomic mass is 9.88. The molecule has 3 unspecified atom stereocenters. The second-order valence-electron chi connectivity index (χ2n) is 9.82. The number of ether oxygens (including phenoxy) is 1. The number of amides is 2. The van der Waals surface area contributed by atoms with Crippen molar-refractivity contribution in [2.45, 2.75) is 71.1 Å². The first kappa shape index (κ1) is 21.7. The Balaban J connectivity index is 1.44. The van der Waals surface area contributed by atoms with Gasteiger partial charge in [0.2, 0.25) is 11.8 Å². The Hall–Kier alpha value is -2.57. The van der Waals surface area contributed by atoms with Gasteiger partial charge in [-0.1, -0.05) is 39.0 Å². The fraction of sp³-hybridized carbons (Fsp3) is 0.625. The van der Waals surface area contributed by atoms with Crippen LogP contribution >= 0.6 is 0 Å². The molecule has 1 aromatic carbocycles. The van der Waals surface area contributed by atoms with Crippen LogP contribution in [0.5, 0.6) is 5.75 Å². The van der Waals surface area contributed by atoms with Gasteiger partial charge in [-0.2, -0.15) is 0 Å². The molecule has 0 aromatic heterocycles. The van der Waals surface area contributed by atoms with Crippen LogP contribution in [0.2, 0.25) is 0 Å². The molecule has 2 amide bonds. The number of rotatable bonds is 6. The van der Waals surface area contributed by atoms with E-state index in [1.807, 2.05) is 52.0 Å². The van der Waals surface area contributed by atoms with Crippen molar-refractivity contribution in [3.63, 3.8) is 0 Å². The lowest BCUT2D eigenvalue weighted by Gasteiger charge is -2.36. The zero-order valence-electron chi connectivity index (χ0n) is 19.1. The summed E-state index contributed by atoms with van der Waals surface area (Å²) >= 11 is 0. The smallest absolute Gasteiger partial charge is 0.231 e. The van der Waals surface area contributed by atoms with Crippen molar-refractivity contribution in [2.75, 3.05) is 6.54 Å². The van der Waals surface area contributed by atoms with E-state index in [2.05, 4.69) is 17.2 Å². The highest BCUT2D eigenvalue weighted by atomic mass is 16.5. The monoisotopic (exact) mass is 426 g/mol. The minimum Gasteiger partial charge on any atom is -0.485 e. The summed E-state index contributed by atoms with van der Waals surface area (Å²) < 4.78 is 6.05. The third-order valence-electron chi connectivity index (χ3n) is 7.57. The van der Waals surface area contributed by atoms with Crippen molar-refractivity contribution in [3.8, 4) is 5.75 Å². The van der Waals surface area contributed by atoms with E-state index in [0.717, 1.165) is 24.2 Å². The maximum atomic E-state index is 13.1. The Bertz CT molecular complexity index is 921. The molecule has 4 atom stereocenters. The Morgan fingerprint density at radius 1 is 1.29 bits per heavy atom. The normalized spacial score (nSPS) is 30.3. The zero-order chi connectivity index (χ0) is 22.6. The number of nitrogens with two attached hydrogens (primary N) is 1. The van der Waals surface area contributed by atoms with E-state index in [0.29, 0.717) is 13.0 Å². The number of nitrogens with one attached hydrogen (secondary N) is 1. The molecule has 1 fully saturated rings. The van der Waals surface area contributed by atoms with Gasteiger partial charge >= 0.3 is 0 Å². The maximum Gasteiger partial charge on any atom is 0.231 e. The highest BCUT2D eigenvalue weighted by molar-refractivity contribution is 5.99. The summed E-state index contributed by atoms with van der Waals surface area (Å²) in [7, 11) is 0. The van der Waals surface area contributed by atoms with Crippen LogP contribution in [0.1, 0.15) is 65.5 Å². The van der Waals surface area contributed by atoms with Gasteiger partial charge in [-0.15, -0.1) is 0 Å². The van der Waals surface area contributed by atoms with Crippen LogP contribution in [0.3, 0.4) is 0 Å². The zero-order valence-corrected chi connectivity index (χ0v) is 19.1. The molecule has 0 saturated heterocycles. The fourth-order valence-electron chi connectivity index (χ4n) is 5.19. The Morgan fingerprint density at radius 2 is 1.97 bits per heavy atom. The lowest BCUT2D eigenvalue weighted by Crippen LogP contribution is -2.52. The summed E-state index contributed by atoms with van der Waals surface area (Å²) in [4.78, 5) is 32.2. The van der Waals surface area contributed by atoms with Gasteiger partial charge in [0.05, 0.1) is 18.0 Å². The van der Waals surface area contributed by atoms with Crippen LogP contribution in [0, 0.1) is 17.8 Å². The van der Waals surface area contributed by atoms with E-state index in [1.54, 1.807) is 4.90 Å². The number of benzene rings is 1. The number of carbonyl (C=O) groups is 2. The first-order valence-corrected chi connectivity index (χ1v) is 11.4. The molecular weight excluding hydrogens is 392 g/mol. The van der Waals surface area contributed by atoms with E-state index in [9.17, 15) is 9.59 Å². The van der Waals surface area contributed by atoms with Gasteiger partial charge in [-0.25, -0.2) is 4.99 Å². The summed E-state index contributed by atoms with van der Waals surface area (Å²) in [6, 6.07) is 7.62. The van der Waals surface area contributed by atoms with Gasteiger partial charge in [-0.3, -0.25) is 14.5 Å². The maximum absolute atomic E-state index is 13.1. The molecule has 3 N–H and O–H groups in total. The molecule has 7 heteroatoms. The topological polar surface area (TPSA) is 97.0 Å². The number of para-hydroxylation sites is 1. The highest BCUT2D eigenvalue weighted by Gasteiger charge is 2.55. The van der Waals surface area contributed by atoms with Crippen LogP contribution in [0.25, 0.3) is 0 Å². The van der Waals surface area contributed by atoms with E-state index < -0.39 is 5.60 Å². The van der Waals surface area contributed by atoms with Gasteiger partial charge < -0.3 is 15.8 Å². The molecule has 2 aliphatic heterocycles. The van der Waals surface area contributed by atoms with Crippen LogP contribution in [0.15, 0.2) is 29.3 Å². The van der Waals surface area contributed by atoms with E-state index >= 15 is 0 Å². The molecule has 0 bridgehead atoms. The molecule has 1 aliphatic carbocycles. The van der Waals surface area contributed by atoms with Gasteiger partial charge in [0.15, 0.2) is 5.96 Å². The molecule has 168 valence electrons. The molecule has 0 radical (unpaired) electrons. The minimum atomic E-state index is -0.517. The fourth-order valence-corrected chi connectivity index (χ4v) is 5.19. The third-order valence-corrected chi connectivity index (χ3v) is 7.57. The van der Waals surface area contributed by atoms with Crippen molar-refractivity contribution < 1.29 is 14.3 Å². The van der Waals surface area contributed by atoms with Crippen LogP contribution in [-0.4, -0.2) is 40.4 Å². The molecule has 31 heavy (non-hydrogen) atoms. The SMILES string of the molecule is CCC1(CC)CC(=O)N(CC2C(C)[C@H]2C(=O)NC2c3ccccc3OC2(C)C)C(N)=N1. The molecule has 1 saturated carbocycles. The number of nitrogens with zero attached hydrogens (tertiary/aromatic N) is 2. The van der Waals surface area contributed by atoms with E-state index in [-0.39, 0.29) is 47.1 Å². The second-order valence-corrected chi connectivity index (χ2v) is 9.82. The average Bonchev–Trinajstić information content (AvgIpc) is 3.29. The molecule has 0 spiro atoms. The Kier molecular flexibility index (Phi) is 5.26. The standard InChI is InChI=1S/C24H34N4O3/c1-6-24(7-2)12-18(29)28(22(25)27-24)13-16-14(3)19(16)21(30)26-20-15-10-8-9-11-17(15)31-23(20,4)5/h8-11,14,16,19-20H,6-7,12-13H2,1-5H3,(H2,25,27)(H,26,30)/t14?,16?,19-,20?/m1/s1. The number of fused-ring (bicyclic) bond motifs is 1. The van der Waals surface area contributed by atoms with Gasteiger partial charge in [0, 0.05) is 18.0 Å². The molecule has 4 rings (SSSR count). The number of carbonyl (C=O) groups excluding carboxylic acids is 2. The van der Waals surface area contributed by atoms with Gasteiger partial charge in [-0.05, 0) is 44.6 Å². The largest absolute Gasteiger partial charge is 0.485 e. The highest BCUT2D eigenvalue weighted by Crippen LogP contribution is 2.49. The Morgan fingerprint density at radius 3 is 2.61 bits per heavy atom. The summed E-state index contributed by atoms with van der Waals surface area (Å²) in [6.07, 6.45) is 1.95. The molecule has 1 aromatic rings. The third kappa shape index (κ3) is 3.68. The Labute approximate surface area is 184 Å². The predicted octanol–water partition coefficient (Wildman–Crippen LogP) is 3.00.